The third kappa shape index (κ3) is 5.44. The summed E-state index contributed by atoms with van der Waals surface area (Å²) in [6.45, 7) is 6.73. The van der Waals surface area contributed by atoms with E-state index in [9.17, 15) is 4.55 Å². The first-order valence-electron chi connectivity index (χ1n) is 9.50. The molecule has 0 spiro atoms. The number of nitrogens with zero attached hydrogens (tertiary/aromatic N) is 4. The number of anilines is 1. The second-order valence-corrected chi connectivity index (χ2v) is 12.0. The zero-order valence-electron chi connectivity index (χ0n) is 17.8. The number of ether oxygens (including phenoxy) is 1. The lowest BCUT2D eigenvalue weighted by Gasteiger charge is -2.24. The van der Waals surface area contributed by atoms with Gasteiger partial charge in [-0.05, 0) is 49.8 Å². The molecule has 0 saturated heterocycles. The minimum Gasteiger partial charge on any atom is -0.497 e. The number of methoxy groups -OCH3 is 1. The number of aliphatic imine (C=N–C) groups is 1. The number of fused-ring (bicyclic) bond motifs is 1. The molecule has 6 nitrogen and oxygen atoms in total. The van der Waals surface area contributed by atoms with Crippen molar-refractivity contribution in [2.24, 2.45) is 15.2 Å². The van der Waals surface area contributed by atoms with Crippen LogP contribution in [0.4, 0.5) is 5.69 Å². The van der Waals surface area contributed by atoms with Gasteiger partial charge in [0.2, 0.25) is 0 Å². The van der Waals surface area contributed by atoms with E-state index in [0.717, 1.165) is 44.1 Å². The van der Waals surface area contributed by atoms with Crippen LogP contribution >= 0.6 is 22.1 Å². The van der Waals surface area contributed by atoms with E-state index in [2.05, 4.69) is 46.1 Å². The van der Waals surface area contributed by atoms with Gasteiger partial charge in [-0.2, -0.15) is 5.10 Å². The molecule has 0 radical (unpaired) electrons. The van der Waals surface area contributed by atoms with Gasteiger partial charge in [-0.25, -0.2) is 0 Å². The predicted molar refractivity (Wildman–Crippen MR) is 133 cm³/mol. The number of hydrogen-bond acceptors (Lipinski definition) is 6. The van der Waals surface area contributed by atoms with Crippen LogP contribution in [0.15, 0.2) is 62.6 Å². The third-order valence-electron chi connectivity index (χ3n) is 4.59. The zero-order chi connectivity index (χ0) is 21.7. The Hall–Kier alpha value is -2.29. The van der Waals surface area contributed by atoms with Crippen LogP contribution in [0.3, 0.4) is 0 Å². The van der Waals surface area contributed by atoms with Crippen molar-refractivity contribution in [3.05, 3.63) is 53.6 Å². The molecule has 30 heavy (non-hydrogen) atoms. The molecule has 2 aromatic rings. The first kappa shape index (κ1) is 22.4. The van der Waals surface area contributed by atoms with Gasteiger partial charge in [0.25, 0.3) is 0 Å². The van der Waals surface area contributed by atoms with Crippen molar-refractivity contribution in [2.75, 3.05) is 42.7 Å². The van der Waals surface area contributed by atoms with Crippen LogP contribution in [0.25, 0.3) is 0 Å². The van der Waals surface area contributed by atoms with Crippen LogP contribution < -0.4 is 9.64 Å². The maximum absolute atomic E-state index is 10.0. The highest BCUT2D eigenvalue weighted by molar-refractivity contribution is 8.34. The summed E-state index contributed by atoms with van der Waals surface area (Å²) in [7, 11) is 0.137. The first-order chi connectivity index (χ1) is 14.3. The predicted octanol–water partition coefficient (Wildman–Crippen LogP) is 4.97. The number of benzodiazepines with no additional fused rings is 1. The van der Waals surface area contributed by atoms with Crippen LogP contribution in [0.5, 0.6) is 5.75 Å². The lowest BCUT2D eigenvalue weighted by Crippen LogP contribution is -2.31. The average molecular weight is 445 g/mol. The molecule has 3 rings (SSSR count). The Kier molecular flexibility index (Phi) is 7.23. The van der Waals surface area contributed by atoms with E-state index in [1.165, 1.54) is 0 Å². The monoisotopic (exact) mass is 444 g/mol. The van der Waals surface area contributed by atoms with Crippen LogP contribution in [0, 0.1) is 0 Å². The zero-order valence-corrected chi connectivity index (χ0v) is 19.5. The molecule has 0 amide bonds. The fraction of sp³-hybridized carbons (Fsp3) is 0.318. The third-order valence-corrected chi connectivity index (χ3v) is 7.98. The fourth-order valence-electron chi connectivity index (χ4n) is 3.20. The van der Waals surface area contributed by atoms with E-state index in [1.807, 2.05) is 37.6 Å². The molecule has 0 atom stereocenters. The minimum absolute atomic E-state index is 0.634. The van der Waals surface area contributed by atoms with Crippen LogP contribution in [-0.4, -0.2) is 60.6 Å². The normalized spacial score (nSPS) is 15.2. The van der Waals surface area contributed by atoms with Crippen molar-refractivity contribution in [1.29, 1.82) is 0 Å². The lowest BCUT2D eigenvalue weighted by molar-refractivity contribution is 0.415. The van der Waals surface area contributed by atoms with Gasteiger partial charge in [0, 0.05) is 34.4 Å². The highest BCUT2D eigenvalue weighted by Gasteiger charge is 2.22. The Labute approximate surface area is 184 Å². The topological polar surface area (TPSA) is 69.8 Å². The Morgan fingerprint density at radius 3 is 2.63 bits per heavy atom. The van der Waals surface area contributed by atoms with Crippen LogP contribution in [0.2, 0.25) is 0 Å². The summed E-state index contributed by atoms with van der Waals surface area (Å²) in [5.74, 6) is 1.55. The smallest absolute Gasteiger partial charge is 0.128 e. The molecule has 160 valence electrons. The maximum Gasteiger partial charge on any atom is 0.128 e. The summed E-state index contributed by atoms with van der Waals surface area (Å²) in [6, 6.07) is 14.4. The average Bonchev–Trinajstić information content (AvgIpc) is 2.91. The second-order valence-electron chi connectivity index (χ2n) is 7.32. The quantitative estimate of drug-likeness (QED) is 0.295. The molecule has 0 fully saturated rings. The molecule has 0 aromatic heterocycles. The Morgan fingerprint density at radius 1 is 1.27 bits per heavy atom. The van der Waals surface area contributed by atoms with Crippen molar-refractivity contribution >= 4 is 46.0 Å². The number of benzene rings is 2. The molecule has 0 saturated carbocycles. The van der Waals surface area contributed by atoms with Gasteiger partial charge >= 0.3 is 0 Å². The van der Waals surface area contributed by atoms with Crippen molar-refractivity contribution < 1.29 is 9.29 Å². The highest BCUT2D eigenvalue weighted by Crippen LogP contribution is 2.40. The Morgan fingerprint density at radius 2 is 2.00 bits per heavy atom. The highest BCUT2D eigenvalue weighted by atomic mass is 32.3. The first-order valence-corrected chi connectivity index (χ1v) is 13.1. The lowest BCUT2D eigenvalue weighted by atomic mass is 10.00. The molecule has 1 aliphatic rings. The molecule has 1 heterocycles. The molecule has 0 unspecified atom stereocenters. The van der Waals surface area contributed by atoms with E-state index < -0.39 is 10.3 Å². The summed E-state index contributed by atoms with van der Waals surface area (Å²) in [6.07, 6.45) is 3.80. The van der Waals surface area contributed by atoms with E-state index in [-0.39, 0.29) is 0 Å². The molecule has 1 aliphatic heterocycles. The Balaban J connectivity index is 1.98. The minimum atomic E-state index is -1.53. The van der Waals surface area contributed by atoms with Gasteiger partial charge in [-0.3, -0.25) is 4.99 Å². The van der Waals surface area contributed by atoms with E-state index in [1.54, 1.807) is 18.9 Å². The number of rotatable bonds is 6. The van der Waals surface area contributed by atoms with Crippen molar-refractivity contribution in [2.45, 2.75) is 11.8 Å². The molecule has 1 N–H and O–H groups in total. The van der Waals surface area contributed by atoms with Gasteiger partial charge < -0.3 is 14.2 Å². The maximum atomic E-state index is 10.0. The molecule has 2 aromatic carbocycles. The van der Waals surface area contributed by atoms with Crippen molar-refractivity contribution in [3.8, 4) is 5.75 Å². The summed E-state index contributed by atoms with van der Waals surface area (Å²) in [4.78, 5) is 8.14. The largest absolute Gasteiger partial charge is 0.497 e. The summed E-state index contributed by atoms with van der Waals surface area (Å²) in [5.41, 5.74) is 3.98. The standard InChI is InChI=1S/C22H28N4O2S2/c1-16(25-23-2)26-13-12-24-22(20-14-18(28-3)8-11-21(20)26)17-6-9-19(10-7-17)29-15-30(4,5)27/h6-11,14,27H,2,12-13,15H2,1,3-5H3/b25-16-. The van der Waals surface area contributed by atoms with Gasteiger partial charge in [-0.15, -0.1) is 27.2 Å². The summed E-state index contributed by atoms with van der Waals surface area (Å²) < 4.78 is 15.5. The Bertz CT molecular complexity index is 966. The van der Waals surface area contributed by atoms with Crippen molar-refractivity contribution in [1.82, 2.24) is 0 Å². The number of thioether (sulfide) groups is 1. The molecular formula is C22H28N4O2S2. The van der Waals surface area contributed by atoms with Crippen LogP contribution in [0.1, 0.15) is 18.1 Å². The van der Waals surface area contributed by atoms with Gasteiger partial charge in [0.15, 0.2) is 0 Å². The number of hydrogen-bond donors (Lipinski definition) is 1. The van der Waals surface area contributed by atoms with Crippen molar-refractivity contribution in [3.63, 3.8) is 0 Å². The van der Waals surface area contributed by atoms with Gasteiger partial charge in [0.05, 0.1) is 25.1 Å². The molecular weight excluding hydrogens is 416 g/mol. The van der Waals surface area contributed by atoms with Gasteiger partial charge in [0.1, 0.15) is 11.6 Å². The van der Waals surface area contributed by atoms with E-state index in [4.69, 9.17) is 9.73 Å². The summed E-state index contributed by atoms with van der Waals surface area (Å²) >= 11 is 1.68. The molecule has 0 aliphatic carbocycles. The fourth-order valence-corrected chi connectivity index (χ4v) is 5.22. The van der Waals surface area contributed by atoms with E-state index in [0.29, 0.717) is 13.1 Å². The van der Waals surface area contributed by atoms with Gasteiger partial charge in [-0.1, -0.05) is 12.1 Å². The summed E-state index contributed by atoms with van der Waals surface area (Å²) in [5, 5.41) is 8.54. The van der Waals surface area contributed by atoms with E-state index >= 15 is 0 Å². The molecule has 8 heteroatoms. The molecule has 0 bridgehead atoms. The van der Waals surface area contributed by atoms with Crippen LogP contribution in [-0.2, 0) is 0 Å². The SMILES string of the molecule is C=N/N=C(/C)N1CCN=C(c2ccc(SCS(C)(C)O)cc2)c2cc(OC)ccc21. The number of amidine groups is 1. The second kappa shape index (κ2) is 9.68.